The van der Waals surface area contributed by atoms with E-state index in [1.54, 1.807) is 13.8 Å². The molecular weight excluding hydrogens is 264 g/mol. The van der Waals surface area contributed by atoms with Gasteiger partial charge in [-0.05, 0) is 32.6 Å². The maximum Gasteiger partial charge on any atom is 0.241 e. The van der Waals surface area contributed by atoms with E-state index >= 15 is 0 Å². The molecule has 2 aliphatic rings. The van der Waals surface area contributed by atoms with Crippen molar-refractivity contribution in [1.29, 1.82) is 0 Å². The Bertz CT molecular complexity index is 439. The minimum absolute atomic E-state index is 0.198. The monoisotopic (exact) mass is 288 g/mol. The van der Waals surface area contributed by atoms with E-state index in [1.807, 2.05) is 0 Å². The van der Waals surface area contributed by atoms with E-state index in [0.717, 1.165) is 25.7 Å². The van der Waals surface area contributed by atoms with Crippen LogP contribution >= 0.6 is 0 Å². The summed E-state index contributed by atoms with van der Waals surface area (Å²) in [6, 6.07) is 0. The van der Waals surface area contributed by atoms with E-state index in [9.17, 15) is 13.2 Å². The van der Waals surface area contributed by atoms with Crippen LogP contribution in [0, 0.1) is 5.92 Å². The van der Waals surface area contributed by atoms with Crippen molar-refractivity contribution >= 4 is 15.9 Å². The van der Waals surface area contributed by atoms with Crippen molar-refractivity contribution in [3.8, 4) is 0 Å². The van der Waals surface area contributed by atoms with E-state index in [0.29, 0.717) is 13.1 Å². The second-order valence-corrected chi connectivity index (χ2v) is 8.11. The van der Waals surface area contributed by atoms with Crippen LogP contribution in [0.3, 0.4) is 0 Å². The number of carbonyl (C=O) groups excluding carboxylic acids is 1. The second-order valence-electron chi connectivity index (χ2n) is 6.17. The van der Waals surface area contributed by atoms with Gasteiger partial charge in [-0.1, -0.05) is 19.3 Å². The summed E-state index contributed by atoms with van der Waals surface area (Å²) in [5.41, 5.74) is -0.967. The van der Waals surface area contributed by atoms with E-state index in [2.05, 4.69) is 5.32 Å². The van der Waals surface area contributed by atoms with Gasteiger partial charge < -0.3 is 5.32 Å². The molecule has 1 aliphatic heterocycles. The minimum Gasteiger partial charge on any atom is -0.353 e. The molecule has 1 amide bonds. The van der Waals surface area contributed by atoms with Crippen molar-refractivity contribution in [1.82, 2.24) is 9.62 Å². The normalized spacial score (nSPS) is 26.1. The number of nitrogens with one attached hydrogen (secondary N) is 1. The Labute approximate surface area is 115 Å². The van der Waals surface area contributed by atoms with Crippen molar-refractivity contribution in [2.75, 3.05) is 18.8 Å². The van der Waals surface area contributed by atoms with Gasteiger partial charge in [-0.3, -0.25) is 4.79 Å². The predicted octanol–water partition coefficient (Wildman–Crippen LogP) is 1.11. The molecule has 2 rings (SSSR count). The van der Waals surface area contributed by atoms with Crippen LogP contribution in [0.1, 0.15) is 46.0 Å². The lowest BCUT2D eigenvalue weighted by molar-refractivity contribution is -0.131. The molecule has 110 valence electrons. The highest BCUT2D eigenvalue weighted by molar-refractivity contribution is 7.89. The summed E-state index contributed by atoms with van der Waals surface area (Å²) in [7, 11) is -3.35. The zero-order valence-corrected chi connectivity index (χ0v) is 12.6. The first-order valence-electron chi connectivity index (χ1n) is 7.13. The number of hydrogen-bond acceptors (Lipinski definition) is 3. The third kappa shape index (κ3) is 3.11. The molecule has 0 bridgehead atoms. The maximum atomic E-state index is 12.6. The molecule has 5 nitrogen and oxygen atoms in total. The van der Waals surface area contributed by atoms with Gasteiger partial charge in [0.05, 0.1) is 5.75 Å². The highest BCUT2D eigenvalue weighted by atomic mass is 32.2. The molecule has 0 unspecified atom stereocenters. The molecule has 0 aromatic carbocycles. The van der Waals surface area contributed by atoms with Gasteiger partial charge in [0, 0.05) is 13.1 Å². The van der Waals surface area contributed by atoms with Crippen LogP contribution in [-0.2, 0) is 14.8 Å². The van der Waals surface area contributed by atoms with E-state index in [1.165, 1.54) is 10.7 Å². The van der Waals surface area contributed by atoms with Crippen molar-refractivity contribution in [3.05, 3.63) is 0 Å². The average Bonchev–Trinajstić information content (AvgIpc) is 2.33. The average molecular weight is 288 g/mol. The molecule has 0 aromatic heterocycles. The SMILES string of the molecule is CC1(C)C(=O)NCCN1S(=O)(=O)CC1CCCCC1. The van der Waals surface area contributed by atoms with Gasteiger partial charge in [-0.2, -0.15) is 4.31 Å². The first-order valence-corrected chi connectivity index (χ1v) is 8.74. The van der Waals surface area contributed by atoms with Crippen LogP contribution < -0.4 is 5.32 Å². The third-order valence-corrected chi connectivity index (χ3v) is 6.49. The number of sulfonamides is 1. The second kappa shape index (κ2) is 5.40. The predicted molar refractivity (Wildman–Crippen MR) is 74.2 cm³/mol. The largest absolute Gasteiger partial charge is 0.353 e. The molecule has 1 saturated heterocycles. The quantitative estimate of drug-likeness (QED) is 0.846. The summed E-state index contributed by atoms with van der Waals surface area (Å²) in [5.74, 6) is 0.259. The summed E-state index contributed by atoms with van der Waals surface area (Å²) in [6.45, 7) is 4.15. The van der Waals surface area contributed by atoms with E-state index in [-0.39, 0.29) is 17.6 Å². The number of hydrogen-bond donors (Lipinski definition) is 1. The smallest absolute Gasteiger partial charge is 0.241 e. The molecule has 0 radical (unpaired) electrons. The first-order chi connectivity index (χ1) is 8.84. The van der Waals surface area contributed by atoms with Gasteiger partial charge in [-0.15, -0.1) is 0 Å². The van der Waals surface area contributed by atoms with Crippen molar-refractivity contribution in [2.24, 2.45) is 5.92 Å². The fraction of sp³-hybridized carbons (Fsp3) is 0.923. The summed E-state index contributed by atoms with van der Waals surface area (Å²) in [4.78, 5) is 11.8. The van der Waals surface area contributed by atoms with Crippen LogP contribution in [0.2, 0.25) is 0 Å². The molecule has 1 saturated carbocycles. The molecule has 1 aliphatic carbocycles. The van der Waals surface area contributed by atoms with Gasteiger partial charge in [0.15, 0.2) is 0 Å². The zero-order chi connectivity index (χ0) is 14.1. The van der Waals surface area contributed by atoms with Crippen LogP contribution in [0.4, 0.5) is 0 Å². The van der Waals surface area contributed by atoms with Crippen LogP contribution in [0.15, 0.2) is 0 Å². The first kappa shape index (κ1) is 14.8. The third-order valence-electron chi connectivity index (χ3n) is 4.29. The van der Waals surface area contributed by atoms with Crippen LogP contribution in [0.5, 0.6) is 0 Å². The molecular formula is C13H24N2O3S. The van der Waals surface area contributed by atoms with E-state index in [4.69, 9.17) is 0 Å². The lowest BCUT2D eigenvalue weighted by Crippen LogP contribution is -2.63. The lowest BCUT2D eigenvalue weighted by atomic mass is 9.91. The highest BCUT2D eigenvalue weighted by Crippen LogP contribution is 2.28. The molecule has 0 spiro atoms. The zero-order valence-electron chi connectivity index (χ0n) is 11.8. The lowest BCUT2D eigenvalue weighted by Gasteiger charge is -2.40. The fourth-order valence-corrected chi connectivity index (χ4v) is 5.37. The molecule has 0 aromatic rings. The van der Waals surface area contributed by atoms with Gasteiger partial charge in [-0.25, -0.2) is 8.42 Å². The number of nitrogens with zero attached hydrogens (tertiary/aromatic N) is 1. The van der Waals surface area contributed by atoms with E-state index < -0.39 is 15.6 Å². The summed E-state index contributed by atoms with van der Waals surface area (Å²) in [5, 5.41) is 2.73. The fourth-order valence-electron chi connectivity index (χ4n) is 3.11. The summed E-state index contributed by atoms with van der Waals surface area (Å²) >= 11 is 0. The Kier molecular flexibility index (Phi) is 4.20. The Morgan fingerprint density at radius 2 is 1.89 bits per heavy atom. The standard InChI is InChI=1S/C13H24N2O3S/c1-13(2)12(16)14-8-9-15(13)19(17,18)10-11-6-4-3-5-7-11/h11H,3-10H2,1-2H3,(H,14,16). The van der Waals surface area contributed by atoms with Crippen molar-refractivity contribution < 1.29 is 13.2 Å². The molecule has 19 heavy (non-hydrogen) atoms. The molecule has 1 heterocycles. The molecule has 2 fully saturated rings. The Balaban J connectivity index is 2.11. The summed E-state index contributed by atoms with van der Waals surface area (Å²) in [6.07, 6.45) is 5.47. The summed E-state index contributed by atoms with van der Waals surface area (Å²) < 4.78 is 26.5. The number of amides is 1. The molecule has 1 N–H and O–H groups in total. The minimum atomic E-state index is -3.35. The molecule has 6 heteroatoms. The topological polar surface area (TPSA) is 66.5 Å². The van der Waals surface area contributed by atoms with Crippen LogP contribution in [0.25, 0.3) is 0 Å². The Morgan fingerprint density at radius 1 is 1.26 bits per heavy atom. The Hall–Kier alpha value is -0.620. The number of piperazine rings is 1. The van der Waals surface area contributed by atoms with Gasteiger partial charge in [0.1, 0.15) is 5.54 Å². The van der Waals surface area contributed by atoms with Crippen LogP contribution in [-0.4, -0.2) is 43.0 Å². The van der Waals surface area contributed by atoms with Crippen molar-refractivity contribution in [2.45, 2.75) is 51.5 Å². The van der Waals surface area contributed by atoms with Crippen molar-refractivity contribution in [3.63, 3.8) is 0 Å². The highest BCUT2D eigenvalue weighted by Gasteiger charge is 2.44. The van der Waals surface area contributed by atoms with Gasteiger partial charge in [0.25, 0.3) is 0 Å². The maximum absolute atomic E-state index is 12.6. The number of rotatable bonds is 3. The Morgan fingerprint density at radius 3 is 2.53 bits per heavy atom. The molecule has 0 atom stereocenters. The van der Waals surface area contributed by atoms with Gasteiger partial charge in [0.2, 0.25) is 15.9 Å². The van der Waals surface area contributed by atoms with Gasteiger partial charge >= 0.3 is 0 Å². The number of carbonyl (C=O) groups is 1.